The van der Waals surface area contributed by atoms with E-state index in [1.54, 1.807) is 13.1 Å². The fourth-order valence-corrected chi connectivity index (χ4v) is 1.33. The first kappa shape index (κ1) is 11.8. The fourth-order valence-electron chi connectivity index (χ4n) is 1.33. The van der Waals surface area contributed by atoms with Gasteiger partial charge in [-0.2, -0.15) is 0 Å². The second kappa shape index (κ2) is 6.22. The molecule has 0 saturated carbocycles. The van der Waals surface area contributed by atoms with Crippen LogP contribution in [0.4, 0.5) is 0 Å². The average molecular weight is 210 g/mol. The first-order valence-electron chi connectivity index (χ1n) is 5.44. The monoisotopic (exact) mass is 210 g/mol. The Morgan fingerprint density at radius 1 is 1.53 bits per heavy atom. The summed E-state index contributed by atoms with van der Waals surface area (Å²) in [6.45, 7) is 4.37. The molecule has 1 aromatic rings. The van der Waals surface area contributed by atoms with Crippen LogP contribution in [0.2, 0.25) is 0 Å². The van der Waals surface area contributed by atoms with Gasteiger partial charge in [-0.1, -0.05) is 13.3 Å². The summed E-state index contributed by atoms with van der Waals surface area (Å²) in [6, 6.07) is 0. The van der Waals surface area contributed by atoms with Crippen LogP contribution in [0, 0.1) is 0 Å². The van der Waals surface area contributed by atoms with E-state index in [0.717, 1.165) is 30.8 Å². The lowest BCUT2D eigenvalue weighted by Crippen LogP contribution is -2.07. The summed E-state index contributed by atoms with van der Waals surface area (Å²) in [5.41, 5.74) is 0.833. The van der Waals surface area contributed by atoms with Crippen molar-refractivity contribution in [2.75, 3.05) is 6.61 Å². The van der Waals surface area contributed by atoms with Gasteiger partial charge in [0.1, 0.15) is 5.82 Å². The quantitative estimate of drug-likeness (QED) is 0.729. The minimum atomic E-state index is -0.205. The third-order valence-electron chi connectivity index (χ3n) is 2.09. The number of aromatic amines is 1. The summed E-state index contributed by atoms with van der Waals surface area (Å²) in [4.78, 5) is 18.5. The minimum Gasteiger partial charge on any atom is -0.466 e. The molecule has 0 spiro atoms. The molecule has 0 unspecified atom stereocenters. The van der Waals surface area contributed by atoms with Crippen LogP contribution in [0.15, 0.2) is 6.20 Å². The molecule has 15 heavy (non-hydrogen) atoms. The lowest BCUT2D eigenvalue weighted by atomic mass is 10.2. The van der Waals surface area contributed by atoms with Crippen molar-refractivity contribution in [2.24, 2.45) is 0 Å². The van der Waals surface area contributed by atoms with Crippen LogP contribution in [-0.4, -0.2) is 22.5 Å². The smallest absolute Gasteiger partial charge is 0.311 e. The highest BCUT2D eigenvalue weighted by atomic mass is 16.5. The van der Waals surface area contributed by atoms with Gasteiger partial charge in [-0.25, -0.2) is 4.98 Å². The molecule has 4 nitrogen and oxygen atoms in total. The summed E-state index contributed by atoms with van der Waals surface area (Å²) in [5.74, 6) is 0.749. The van der Waals surface area contributed by atoms with Crippen molar-refractivity contribution >= 4 is 5.97 Å². The van der Waals surface area contributed by atoms with Crippen molar-refractivity contribution in [1.82, 2.24) is 9.97 Å². The van der Waals surface area contributed by atoms with Crippen LogP contribution in [-0.2, 0) is 22.4 Å². The number of unbranched alkanes of at least 4 members (excludes halogenated alkanes) is 1. The van der Waals surface area contributed by atoms with Crippen LogP contribution in [0.1, 0.15) is 38.2 Å². The van der Waals surface area contributed by atoms with Gasteiger partial charge < -0.3 is 9.72 Å². The minimum absolute atomic E-state index is 0.205. The maximum absolute atomic E-state index is 11.2. The van der Waals surface area contributed by atoms with Crippen LogP contribution < -0.4 is 0 Å². The lowest BCUT2D eigenvalue weighted by molar-refractivity contribution is -0.142. The topological polar surface area (TPSA) is 55.0 Å². The molecule has 1 heterocycles. The Bertz CT molecular complexity index is 307. The van der Waals surface area contributed by atoms with Gasteiger partial charge in [-0.15, -0.1) is 0 Å². The predicted octanol–water partition coefficient (Wildman–Crippen LogP) is 1.86. The van der Waals surface area contributed by atoms with E-state index in [0.29, 0.717) is 6.61 Å². The molecule has 0 atom stereocenters. The lowest BCUT2D eigenvalue weighted by Gasteiger charge is -1.98. The zero-order chi connectivity index (χ0) is 11.1. The summed E-state index contributed by atoms with van der Waals surface area (Å²) < 4.78 is 4.85. The molecule has 84 valence electrons. The largest absolute Gasteiger partial charge is 0.466 e. The standard InChI is InChI=1S/C11H18N2O2/c1-3-5-6-10-12-8-9(13-10)7-11(14)15-4-2/h8H,3-7H2,1-2H3,(H,12,13). The Morgan fingerprint density at radius 2 is 2.33 bits per heavy atom. The predicted molar refractivity (Wildman–Crippen MR) is 57.5 cm³/mol. The maximum atomic E-state index is 11.2. The number of aromatic nitrogens is 2. The zero-order valence-corrected chi connectivity index (χ0v) is 9.38. The molecule has 1 rings (SSSR count). The Hall–Kier alpha value is -1.32. The van der Waals surface area contributed by atoms with Crippen LogP contribution in [0.25, 0.3) is 0 Å². The molecule has 4 heteroatoms. The second-order valence-corrected chi connectivity index (χ2v) is 3.44. The number of hydrogen-bond acceptors (Lipinski definition) is 3. The Balaban J connectivity index is 2.42. The number of ether oxygens (including phenoxy) is 1. The number of aryl methyl sites for hydroxylation is 1. The molecular weight excluding hydrogens is 192 g/mol. The van der Waals surface area contributed by atoms with Crippen LogP contribution >= 0.6 is 0 Å². The molecule has 0 aliphatic heterocycles. The Kier molecular flexibility index (Phi) is 4.87. The molecule has 1 N–H and O–H groups in total. The summed E-state index contributed by atoms with van der Waals surface area (Å²) in [6.07, 6.45) is 5.20. The first-order chi connectivity index (χ1) is 7.26. The first-order valence-corrected chi connectivity index (χ1v) is 5.44. The Labute approximate surface area is 90.1 Å². The van der Waals surface area contributed by atoms with Gasteiger partial charge in [0.05, 0.1) is 13.0 Å². The van der Waals surface area contributed by atoms with Crippen molar-refractivity contribution in [3.63, 3.8) is 0 Å². The fraction of sp³-hybridized carbons (Fsp3) is 0.636. The van der Waals surface area contributed by atoms with Crippen LogP contribution in [0.3, 0.4) is 0 Å². The maximum Gasteiger partial charge on any atom is 0.311 e. The van der Waals surface area contributed by atoms with Crippen LogP contribution in [0.5, 0.6) is 0 Å². The summed E-state index contributed by atoms with van der Waals surface area (Å²) in [5, 5.41) is 0. The molecular formula is C11H18N2O2. The average Bonchev–Trinajstić information content (AvgIpc) is 2.63. The number of hydrogen-bond donors (Lipinski definition) is 1. The third-order valence-corrected chi connectivity index (χ3v) is 2.09. The van der Waals surface area contributed by atoms with Crippen molar-refractivity contribution < 1.29 is 9.53 Å². The number of nitrogens with one attached hydrogen (secondary N) is 1. The number of rotatable bonds is 6. The molecule has 0 fully saturated rings. The van der Waals surface area contributed by atoms with Gasteiger partial charge in [0.15, 0.2) is 0 Å². The summed E-state index contributed by atoms with van der Waals surface area (Å²) in [7, 11) is 0. The molecule has 0 aromatic carbocycles. The van der Waals surface area contributed by atoms with E-state index in [1.807, 2.05) is 0 Å². The van der Waals surface area contributed by atoms with E-state index in [9.17, 15) is 4.79 Å². The number of esters is 1. The molecule has 0 saturated heterocycles. The number of imidazole rings is 1. The van der Waals surface area contributed by atoms with Gasteiger partial charge >= 0.3 is 5.97 Å². The molecule has 0 aliphatic carbocycles. The van der Waals surface area contributed by atoms with Gasteiger partial charge in [-0.3, -0.25) is 4.79 Å². The molecule has 1 aromatic heterocycles. The van der Waals surface area contributed by atoms with Gasteiger partial charge in [0, 0.05) is 18.3 Å². The number of H-pyrrole nitrogens is 1. The molecule has 0 bridgehead atoms. The van der Waals surface area contributed by atoms with Gasteiger partial charge in [0.25, 0.3) is 0 Å². The van der Waals surface area contributed by atoms with E-state index in [4.69, 9.17) is 4.74 Å². The summed E-state index contributed by atoms with van der Waals surface area (Å²) >= 11 is 0. The highest BCUT2D eigenvalue weighted by Gasteiger charge is 2.06. The van der Waals surface area contributed by atoms with Gasteiger partial charge in [-0.05, 0) is 13.3 Å². The van der Waals surface area contributed by atoms with E-state index in [1.165, 1.54) is 0 Å². The SMILES string of the molecule is CCCCc1ncc(CC(=O)OCC)[nH]1. The highest BCUT2D eigenvalue weighted by molar-refractivity contribution is 5.71. The molecule has 0 radical (unpaired) electrons. The van der Waals surface area contributed by atoms with E-state index >= 15 is 0 Å². The van der Waals surface area contributed by atoms with E-state index in [2.05, 4.69) is 16.9 Å². The van der Waals surface area contributed by atoms with Crippen molar-refractivity contribution in [1.29, 1.82) is 0 Å². The Morgan fingerprint density at radius 3 is 3.00 bits per heavy atom. The van der Waals surface area contributed by atoms with E-state index in [-0.39, 0.29) is 12.4 Å². The zero-order valence-electron chi connectivity index (χ0n) is 9.38. The van der Waals surface area contributed by atoms with Crippen molar-refractivity contribution in [2.45, 2.75) is 39.5 Å². The molecule has 0 amide bonds. The number of nitrogens with zero attached hydrogens (tertiary/aromatic N) is 1. The highest BCUT2D eigenvalue weighted by Crippen LogP contribution is 2.03. The van der Waals surface area contributed by atoms with E-state index < -0.39 is 0 Å². The molecule has 0 aliphatic rings. The third kappa shape index (κ3) is 4.14. The van der Waals surface area contributed by atoms with Crippen molar-refractivity contribution in [3.05, 3.63) is 17.7 Å². The second-order valence-electron chi connectivity index (χ2n) is 3.44. The number of carbonyl (C=O) groups is 1. The normalized spacial score (nSPS) is 10.3. The van der Waals surface area contributed by atoms with Gasteiger partial charge in [0.2, 0.25) is 0 Å². The van der Waals surface area contributed by atoms with Crippen molar-refractivity contribution in [3.8, 4) is 0 Å². The number of carbonyl (C=O) groups excluding carboxylic acids is 1.